The highest BCUT2D eigenvalue weighted by atomic mass is 16.3. The first-order valence-corrected chi connectivity index (χ1v) is 8.02. The molecule has 1 aromatic heterocycles. The topological polar surface area (TPSA) is 56.7 Å². The van der Waals surface area contributed by atoms with Crippen molar-refractivity contribution in [3.8, 4) is 0 Å². The van der Waals surface area contributed by atoms with Crippen molar-refractivity contribution in [1.29, 1.82) is 0 Å². The van der Waals surface area contributed by atoms with Crippen LogP contribution in [0.5, 0.6) is 0 Å². The van der Waals surface area contributed by atoms with Gasteiger partial charge in [-0.1, -0.05) is 19.9 Å². The van der Waals surface area contributed by atoms with Crippen LogP contribution in [0.1, 0.15) is 46.1 Å². The Hall–Kier alpha value is -1.62. The predicted molar refractivity (Wildman–Crippen MR) is 88.0 cm³/mol. The SMILES string of the molecule is CC(O)C(=O)N1C(C)CN(c2ccc(C(C)C)cn2)CC1C. The zero-order valence-electron chi connectivity index (χ0n) is 14.2. The molecule has 0 aliphatic carbocycles. The van der Waals surface area contributed by atoms with Crippen LogP contribution in [-0.2, 0) is 4.79 Å². The molecule has 1 N–H and O–H groups in total. The molecular formula is C17H27N3O2. The Morgan fingerprint density at radius 3 is 2.23 bits per heavy atom. The van der Waals surface area contributed by atoms with Crippen molar-refractivity contribution in [2.75, 3.05) is 18.0 Å². The van der Waals surface area contributed by atoms with Crippen LogP contribution in [0.25, 0.3) is 0 Å². The number of aliphatic hydroxyl groups is 1. The van der Waals surface area contributed by atoms with E-state index in [-0.39, 0.29) is 18.0 Å². The highest BCUT2D eigenvalue weighted by Crippen LogP contribution is 2.23. The third-order valence-corrected chi connectivity index (χ3v) is 4.29. The number of anilines is 1. The van der Waals surface area contributed by atoms with E-state index in [1.807, 2.05) is 20.0 Å². The number of rotatable bonds is 3. The fraction of sp³-hybridized carbons (Fsp3) is 0.647. The van der Waals surface area contributed by atoms with Crippen LogP contribution in [-0.4, -0.2) is 52.2 Å². The largest absolute Gasteiger partial charge is 0.384 e. The van der Waals surface area contributed by atoms with Gasteiger partial charge in [0.15, 0.2) is 0 Å². The smallest absolute Gasteiger partial charge is 0.251 e. The monoisotopic (exact) mass is 305 g/mol. The zero-order valence-corrected chi connectivity index (χ0v) is 14.2. The maximum absolute atomic E-state index is 12.1. The molecule has 1 amide bonds. The van der Waals surface area contributed by atoms with Gasteiger partial charge in [0.2, 0.25) is 0 Å². The number of carbonyl (C=O) groups excluding carboxylic acids is 1. The summed E-state index contributed by atoms with van der Waals surface area (Å²) < 4.78 is 0. The number of aliphatic hydroxyl groups excluding tert-OH is 1. The molecule has 0 spiro atoms. The molecule has 3 unspecified atom stereocenters. The molecule has 122 valence electrons. The number of pyridine rings is 1. The molecule has 1 aliphatic rings. The van der Waals surface area contributed by atoms with E-state index < -0.39 is 6.10 Å². The number of aromatic nitrogens is 1. The van der Waals surface area contributed by atoms with E-state index in [1.165, 1.54) is 12.5 Å². The Morgan fingerprint density at radius 1 is 1.23 bits per heavy atom. The third kappa shape index (κ3) is 3.40. The van der Waals surface area contributed by atoms with Gasteiger partial charge in [0, 0.05) is 31.4 Å². The average Bonchev–Trinajstić information content (AvgIpc) is 2.46. The fourth-order valence-corrected chi connectivity index (χ4v) is 3.09. The van der Waals surface area contributed by atoms with Gasteiger partial charge in [0.1, 0.15) is 11.9 Å². The summed E-state index contributed by atoms with van der Waals surface area (Å²) in [5.41, 5.74) is 1.23. The number of amides is 1. The number of hydrogen-bond acceptors (Lipinski definition) is 4. The van der Waals surface area contributed by atoms with Crippen molar-refractivity contribution in [1.82, 2.24) is 9.88 Å². The fourth-order valence-electron chi connectivity index (χ4n) is 3.09. The Bertz CT molecular complexity index is 501. The second-order valence-corrected chi connectivity index (χ2v) is 6.63. The number of hydrogen-bond donors (Lipinski definition) is 1. The van der Waals surface area contributed by atoms with Crippen molar-refractivity contribution in [3.05, 3.63) is 23.9 Å². The second-order valence-electron chi connectivity index (χ2n) is 6.63. The Labute approximate surface area is 132 Å². The molecule has 5 nitrogen and oxygen atoms in total. The summed E-state index contributed by atoms with van der Waals surface area (Å²) in [6.07, 6.45) is 0.989. The van der Waals surface area contributed by atoms with Gasteiger partial charge in [-0.25, -0.2) is 4.98 Å². The molecule has 1 aliphatic heterocycles. The molecule has 2 rings (SSSR count). The van der Waals surface area contributed by atoms with Gasteiger partial charge in [-0.15, -0.1) is 0 Å². The maximum atomic E-state index is 12.1. The standard InChI is InChI=1S/C17H27N3O2/c1-11(2)15-6-7-16(18-8-15)19-9-12(3)20(13(4)10-19)17(22)14(5)21/h6-8,11-14,21H,9-10H2,1-5H3. The lowest BCUT2D eigenvalue weighted by Gasteiger charge is -2.45. The summed E-state index contributed by atoms with van der Waals surface area (Å²) >= 11 is 0. The van der Waals surface area contributed by atoms with E-state index in [2.05, 4.69) is 35.9 Å². The van der Waals surface area contributed by atoms with Gasteiger partial charge in [0.05, 0.1) is 0 Å². The summed E-state index contributed by atoms with van der Waals surface area (Å²) in [4.78, 5) is 20.7. The molecule has 1 fully saturated rings. The first-order chi connectivity index (χ1) is 10.3. The molecule has 5 heteroatoms. The summed E-state index contributed by atoms with van der Waals surface area (Å²) in [6, 6.07) is 4.28. The van der Waals surface area contributed by atoms with Crippen LogP contribution < -0.4 is 4.90 Å². The Morgan fingerprint density at radius 2 is 1.82 bits per heavy atom. The first-order valence-electron chi connectivity index (χ1n) is 8.02. The molecule has 1 aromatic rings. The highest BCUT2D eigenvalue weighted by Gasteiger charge is 2.34. The highest BCUT2D eigenvalue weighted by molar-refractivity contribution is 5.81. The summed E-state index contributed by atoms with van der Waals surface area (Å²) in [5.74, 6) is 1.23. The maximum Gasteiger partial charge on any atom is 0.251 e. The lowest BCUT2D eigenvalue weighted by Crippen LogP contribution is -2.60. The third-order valence-electron chi connectivity index (χ3n) is 4.29. The van der Waals surface area contributed by atoms with Crippen LogP contribution in [0.2, 0.25) is 0 Å². The van der Waals surface area contributed by atoms with Crippen LogP contribution >= 0.6 is 0 Å². The second kappa shape index (κ2) is 6.65. The summed E-state index contributed by atoms with van der Waals surface area (Å²) in [6.45, 7) is 11.3. The van der Waals surface area contributed by atoms with Crippen LogP contribution in [0.15, 0.2) is 18.3 Å². The molecule has 0 aromatic carbocycles. The summed E-state index contributed by atoms with van der Waals surface area (Å²) in [7, 11) is 0. The quantitative estimate of drug-likeness (QED) is 0.928. The normalized spacial score (nSPS) is 23.8. The minimum Gasteiger partial charge on any atom is -0.384 e. The molecule has 0 radical (unpaired) electrons. The lowest BCUT2D eigenvalue weighted by molar-refractivity contribution is -0.144. The molecular weight excluding hydrogens is 278 g/mol. The lowest BCUT2D eigenvalue weighted by atomic mass is 10.0. The van der Waals surface area contributed by atoms with Crippen LogP contribution in [0, 0.1) is 0 Å². The average molecular weight is 305 g/mol. The van der Waals surface area contributed by atoms with Gasteiger partial charge in [0.25, 0.3) is 5.91 Å². The van der Waals surface area contributed by atoms with Crippen molar-refractivity contribution >= 4 is 11.7 Å². The molecule has 2 heterocycles. The van der Waals surface area contributed by atoms with Crippen LogP contribution in [0.3, 0.4) is 0 Å². The van der Waals surface area contributed by atoms with Crippen molar-refractivity contribution in [2.24, 2.45) is 0 Å². The Balaban J connectivity index is 2.12. The van der Waals surface area contributed by atoms with E-state index in [4.69, 9.17) is 0 Å². The van der Waals surface area contributed by atoms with Gasteiger partial charge in [-0.05, 0) is 38.3 Å². The number of nitrogens with zero attached hydrogens (tertiary/aromatic N) is 3. The molecule has 22 heavy (non-hydrogen) atoms. The van der Waals surface area contributed by atoms with Crippen molar-refractivity contribution in [3.63, 3.8) is 0 Å². The molecule has 0 saturated carbocycles. The van der Waals surface area contributed by atoms with Gasteiger partial charge in [-0.2, -0.15) is 0 Å². The van der Waals surface area contributed by atoms with Crippen molar-refractivity contribution in [2.45, 2.75) is 58.7 Å². The van der Waals surface area contributed by atoms with Gasteiger partial charge in [-0.3, -0.25) is 4.79 Å². The Kier molecular flexibility index (Phi) is 5.06. The van der Waals surface area contributed by atoms with Crippen LogP contribution in [0.4, 0.5) is 5.82 Å². The van der Waals surface area contributed by atoms with E-state index in [0.29, 0.717) is 5.92 Å². The minimum absolute atomic E-state index is 0.0532. The summed E-state index contributed by atoms with van der Waals surface area (Å²) in [5, 5.41) is 9.56. The van der Waals surface area contributed by atoms with E-state index >= 15 is 0 Å². The molecule has 3 atom stereocenters. The van der Waals surface area contributed by atoms with Crippen molar-refractivity contribution < 1.29 is 9.90 Å². The number of piperazine rings is 1. The zero-order chi connectivity index (χ0) is 16.4. The minimum atomic E-state index is -0.945. The predicted octanol–water partition coefficient (Wildman–Crippen LogP) is 2.01. The molecule has 0 bridgehead atoms. The first kappa shape index (κ1) is 16.7. The van der Waals surface area contributed by atoms with Gasteiger partial charge >= 0.3 is 0 Å². The molecule has 1 saturated heterocycles. The van der Waals surface area contributed by atoms with E-state index in [0.717, 1.165) is 18.9 Å². The van der Waals surface area contributed by atoms with E-state index in [1.54, 1.807) is 4.90 Å². The van der Waals surface area contributed by atoms with E-state index in [9.17, 15) is 9.90 Å². The van der Waals surface area contributed by atoms with Gasteiger partial charge < -0.3 is 14.9 Å². The number of carbonyl (C=O) groups is 1.